The van der Waals surface area contributed by atoms with E-state index in [-0.39, 0.29) is 5.13 Å². The molecule has 88 valence electrons. The van der Waals surface area contributed by atoms with Gasteiger partial charge in [-0.25, -0.2) is 9.59 Å². The Morgan fingerprint density at radius 3 is 2.69 bits per heavy atom. The minimum absolute atomic E-state index is 0.243. The molecule has 0 radical (unpaired) electrons. The van der Waals surface area contributed by atoms with Crippen LogP contribution in [0.4, 0.5) is 9.93 Å². The van der Waals surface area contributed by atoms with E-state index < -0.39 is 24.1 Å². The van der Waals surface area contributed by atoms with Gasteiger partial charge >= 0.3 is 12.0 Å². The van der Waals surface area contributed by atoms with Crippen LogP contribution in [0.15, 0.2) is 5.51 Å². The van der Waals surface area contributed by atoms with Crippen LogP contribution in [0.5, 0.6) is 0 Å². The Morgan fingerprint density at radius 2 is 2.25 bits per heavy atom. The molecule has 16 heavy (non-hydrogen) atoms. The fraction of sp³-hybridized carbons (Fsp3) is 0.429. The van der Waals surface area contributed by atoms with Crippen LogP contribution in [0.25, 0.3) is 0 Å². The number of carbonyl (C=O) groups is 2. The van der Waals surface area contributed by atoms with Crippen LogP contribution in [-0.4, -0.2) is 44.6 Å². The first-order chi connectivity index (χ1) is 7.50. The second-order valence-corrected chi connectivity index (χ2v) is 3.73. The molecule has 1 heterocycles. The minimum atomic E-state index is -1.37. The Morgan fingerprint density at radius 1 is 1.56 bits per heavy atom. The molecule has 9 heteroatoms. The highest BCUT2D eigenvalue weighted by molar-refractivity contribution is 7.13. The summed E-state index contributed by atoms with van der Waals surface area (Å²) in [7, 11) is 0. The van der Waals surface area contributed by atoms with Gasteiger partial charge in [0.2, 0.25) is 5.13 Å². The van der Waals surface area contributed by atoms with E-state index in [9.17, 15) is 9.59 Å². The average Bonchev–Trinajstić information content (AvgIpc) is 2.65. The number of urea groups is 1. The largest absolute Gasteiger partial charge is 0.480 e. The second-order valence-electron chi connectivity index (χ2n) is 2.90. The van der Waals surface area contributed by atoms with Crippen LogP contribution < -0.4 is 10.6 Å². The predicted octanol–water partition coefficient (Wildman–Crippen LogP) is -0.506. The predicted molar refractivity (Wildman–Crippen MR) is 55.2 cm³/mol. The molecule has 0 bridgehead atoms. The monoisotopic (exact) mass is 246 g/mol. The normalized spacial score (nSPS) is 13.9. The molecule has 1 aromatic rings. The van der Waals surface area contributed by atoms with Crippen molar-refractivity contribution in [2.75, 3.05) is 5.32 Å². The van der Waals surface area contributed by atoms with E-state index in [0.29, 0.717) is 0 Å². The molecule has 0 fully saturated rings. The smallest absolute Gasteiger partial charge is 0.328 e. The van der Waals surface area contributed by atoms with Gasteiger partial charge < -0.3 is 15.5 Å². The third kappa shape index (κ3) is 3.44. The number of carbonyl (C=O) groups excluding carboxylic acids is 1. The number of hydrogen-bond acceptors (Lipinski definition) is 6. The molecule has 1 rings (SSSR count). The number of aliphatic hydroxyl groups is 1. The summed E-state index contributed by atoms with van der Waals surface area (Å²) >= 11 is 1.09. The maximum Gasteiger partial charge on any atom is 0.328 e. The zero-order valence-electron chi connectivity index (χ0n) is 8.25. The van der Waals surface area contributed by atoms with Gasteiger partial charge in [0.05, 0.1) is 6.10 Å². The molecule has 0 aliphatic heterocycles. The summed E-state index contributed by atoms with van der Waals surface area (Å²) in [5, 5.41) is 29.4. The van der Waals surface area contributed by atoms with Crippen molar-refractivity contribution < 1.29 is 19.8 Å². The zero-order valence-corrected chi connectivity index (χ0v) is 9.06. The summed E-state index contributed by atoms with van der Waals surface area (Å²) < 4.78 is 0. The fourth-order valence-corrected chi connectivity index (χ4v) is 1.33. The van der Waals surface area contributed by atoms with E-state index in [1.807, 2.05) is 0 Å². The summed E-state index contributed by atoms with van der Waals surface area (Å²) in [6.45, 7) is 1.27. The molecule has 4 N–H and O–H groups in total. The number of rotatable bonds is 4. The molecule has 2 atom stereocenters. The molecule has 0 saturated heterocycles. The Hall–Kier alpha value is -1.74. The highest BCUT2D eigenvalue weighted by Crippen LogP contribution is 2.07. The van der Waals surface area contributed by atoms with Gasteiger partial charge in [0, 0.05) is 0 Å². The fourth-order valence-electron chi connectivity index (χ4n) is 0.891. The highest BCUT2D eigenvalue weighted by atomic mass is 32.1. The molecule has 1 aromatic heterocycles. The van der Waals surface area contributed by atoms with Crippen molar-refractivity contribution in [3.63, 3.8) is 0 Å². The van der Waals surface area contributed by atoms with Crippen LogP contribution in [0, 0.1) is 0 Å². The van der Waals surface area contributed by atoms with Crippen molar-refractivity contribution in [3.8, 4) is 0 Å². The van der Waals surface area contributed by atoms with Gasteiger partial charge in [0.15, 0.2) is 6.04 Å². The Bertz CT molecular complexity index is 366. The topological polar surface area (TPSA) is 124 Å². The lowest BCUT2D eigenvalue weighted by atomic mass is 10.2. The lowest BCUT2D eigenvalue weighted by Crippen LogP contribution is -2.49. The van der Waals surface area contributed by atoms with E-state index in [4.69, 9.17) is 10.2 Å². The Balaban J connectivity index is 2.52. The minimum Gasteiger partial charge on any atom is -0.480 e. The number of hydrogen-bond donors (Lipinski definition) is 4. The van der Waals surface area contributed by atoms with E-state index in [1.165, 1.54) is 12.4 Å². The van der Waals surface area contributed by atoms with Gasteiger partial charge in [-0.1, -0.05) is 11.3 Å². The summed E-state index contributed by atoms with van der Waals surface area (Å²) in [5.41, 5.74) is 1.42. The molecule has 2 amide bonds. The number of carboxylic acids is 1. The SMILES string of the molecule is C[C@@H](O)[C@H](NC(=O)Nc1nncs1)C(=O)O. The molecular weight excluding hydrogens is 236 g/mol. The quantitative estimate of drug-likeness (QED) is 0.567. The van der Waals surface area contributed by atoms with Crippen LogP contribution in [0.1, 0.15) is 6.92 Å². The van der Waals surface area contributed by atoms with Crippen molar-refractivity contribution in [2.24, 2.45) is 0 Å². The molecule has 0 spiro atoms. The first-order valence-electron chi connectivity index (χ1n) is 4.25. The highest BCUT2D eigenvalue weighted by Gasteiger charge is 2.25. The number of nitrogens with one attached hydrogen (secondary N) is 2. The molecule has 8 nitrogen and oxygen atoms in total. The number of carboxylic acid groups (broad SMARTS) is 1. The van der Waals surface area contributed by atoms with E-state index in [1.54, 1.807) is 0 Å². The number of amides is 2. The third-order valence-electron chi connectivity index (χ3n) is 1.62. The van der Waals surface area contributed by atoms with Gasteiger partial charge in [-0.05, 0) is 6.92 Å². The molecule has 0 aliphatic carbocycles. The first kappa shape index (κ1) is 12.3. The number of aromatic nitrogens is 2. The van der Waals surface area contributed by atoms with Crippen molar-refractivity contribution in [1.29, 1.82) is 0 Å². The van der Waals surface area contributed by atoms with Crippen molar-refractivity contribution in [2.45, 2.75) is 19.1 Å². The summed E-state index contributed by atoms with van der Waals surface area (Å²) in [6, 6.07) is -2.13. The maximum absolute atomic E-state index is 11.3. The van der Waals surface area contributed by atoms with Crippen LogP contribution >= 0.6 is 11.3 Å². The summed E-state index contributed by atoms with van der Waals surface area (Å²) in [5.74, 6) is -1.32. The van der Waals surface area contributed by atoms with Crippen molar-refractivity contribution in [3.05, 3.63) is 5.51 Å². The summed E-state index contributed by atoms with van der Waals surface area (Å²) in [4.78, 5) is 21.9. The van der Waals surface area contributed by atoms with Gasteiger partial charge in [0.25, 0.3) is 0 Å². The van der Waals surface area contributed by atoms with Crippen LogP contribution in [0.2, 0.25) is 0 Å². The lowest BCUT2D eigenvalue weighted by molar-refractivity contribution is -0.141. The Kier molecular flexibility index (Phi) is 4.14. The van der Waals surface area contributed by atoms with Crippen molar-refractivity contribution in [1.82, 2.24) is 15.5 Å². The van der Waals surface area contributed by atoms with Gasteiger partial charge in [0.1, 0.15) is 5.51 Å². The van der Waals surface area contributed by atoms with Gasteiger partial charge in [-0.15, -0.1) is 10.2 Å². The van der Waals surface area contributed by atoms with Crippen molar-refractivity contribution >= 4 is 28.5 Å². The summed E-state index contributed by atoms with van der Waals surface area (Å²) in [6.07, 6.45) is -1.20. The van der Waals surface area contributed by atoms with Gasteiger partial charge in [-0.2, -0.15) is 0 Å². The van der Waals surface area contributed by atoms with E-state index in [2.05, 4.69) is 20.8 Å². The third-order valence-corrected chi connectivity index (χ3v) is 2.22. The average molecular weight is 246 g/mol. The standard InChI is InChI=1S/C7H10N4O4S/c1-3(12)4(5(13)14)9-6(15)10-7-11-8-2-16-7/h2-4,12H,1H3,(H,13,14)(H2,9,10,11,15)/t3-,4+/m1/s1. The number of aliphatic hydroxyl groups excluding tert-OH is 1. The Labute approximate surface area is 94.3 Å². The molecule has 0 unspecified atom stereocenters. The molecule has 0 saturated carbocycles. The van der Waals surface area contributed by atoms with E-state index >= 15 is 0 Å². The van der Waals surface area contributed by atoms with E-state index in [0.717, 1.165) is 11.3 Å². The second kappa shape index (κ2) is 5.37. The number of aliphatic carboxylic acids is 1. The molecule has 0 aromatic carbocycles. The van der Waals surface area contributed by atoms with Crippen LogP contribution in [0.3, 0.4) is 0 Å². The van der Waals surface area contributed by atoms with Crippen LogP contribution in [-0.2, 0) is 4.79 Å². The van der Waals surface area contributed by atoms with Gasteiger partial charge in [-0.3, -0.25) is 5.32 Å². The first-order valence-corrected chi connectivity index (χ1v) is 5.13. The number of anilines is 1. The maximum atomic E-state index is 11.3. The molecular formula is C7H10N4O4S. The molecule has 0 aliphatic rings. The lowest BCUT2D eigenvalue weighted by Gasteiger charge is -2.16. The zero-order chi connectivity index (χ0) is 12.1. The number of nitrogens with zero attached hydrogens (tertiary/aromatic N) is 2.